The van der Waals surface area contributed by atoms with Crippen LogP contribution in [-0.2, 0) is 4.79 Å². The third-order valence-corrected chi connectivity index (χ3v) is 6.30. The number of nitrogens with zero attached hydrogens (tertiary/aromatic N) is 3. The fourth-order valence-electron chi connectivity index (χ4n) is 4.68. The average molecular weight is 386 g/mol. The number of piperazine rings is 1. The van der Waals surface area contributed by atoms with E-state index in [4.69, 9.17) is 11.6 Å². The van der Waals surface area contributed by atoms with Crippen molar-refractivity contribution in [2.75, 3.05) is 19.6 Å². The number of para-hydroxylation sites is 1. The van der Waals surface area contributed by atoms with Crippen LogP contribution in [0.5, 0.6) is 0 Å². The van der Waals surface area contributed by atoms with Crippen LogP contribution in [0.2, 0.25) is 5.02 Å². The summed E-state index contributed by atoms with van der Waals surface area (Å²) in [5, 5.41) is 1.39. The van der Waals surface area contributed by atoms with E-state index in [1.807, 2.05) is 34.1 Å². The van der Waals surface area contributed by atoms with Crippen molar-refractivity contribution in [2.24, 2.45) is 0 Å². The summed E-state index contributed by atoms with van der Waals surface area (Å²) in [7, 11) is 0. The number of amides is 2. The molecular formula is C21H24ClN3O2. The Morgan fingerprint density at radius 2 is 1.85 bits per heavy atom. The molecule has 0 unspecified atom stereocenters. The number of halogens is 1. The number of pyridine rings is 1. The third-order valence-electron chi connectivity index (χ3n) is 5.99. The van der Waals surface area contributed by atoms with Gasteiger partial charge in [-0.05, 0) is 25.0 Å². The summed E-state index contributed by atoms with van der Waals surface area (Å²) in [4.78, 5) is 33.8. The van der Waals surface area contributed by atoms with E-state index in [0.717, 1.165) is 36.6 Å². The van der Waals surface area contributed by atoms with Gasteiger partial charge in [-0.2, -0.15) is 0 Å². The number of benzene rings is 1. The predicted octanol–water partition coefficient (Wildman–Crippen LogP) is 3.90. The first kappa shape index (κ1) is 18.2. The molecule has 0 atom stereocenters. The fraction of sp³-hybridized carbons (Fsp3) is 0.476. The molecule has 1 spiro atoms. The molecule has 2 amide bonds. The standard InChI is InChI=1S/C21H24ClN3O2/c1-15(26)25-12-11-24(14-21(25)9-5-2-6-10-21)20(27)19-13-17(22)16-7-3-4-8-18(16)23-19/h3-4,7-8,13H,2,5-6,9-12,14H2,1H3. The monoisotopic (exact) mass is 385 g/mol. The van der Waals surface area contributed by atoms with Crippen LogP contribution in [0.25, 0.3) is 10.9 Å². The van der Waals surface area contributed by atoms with Crippen molar-refractivity contribution in [3.63, 3.8) is 0 Å². The van der Waals surface area contributed by atoms with Crippen LogP contribution in [0.15, 0.2) is 30.3 Å². The Morgan fingerprint density at radius 1 is 1.11 bits per heavy atom. The Labute approximate surface area is 164 Å². The largest absolute Gasteiger partial charge is 0.334 e. The topological polar surface area (TPSA) is 53.5 Å². The second kappa shape index (κ2) is 7.12. The molecule has 1 aliphatic carbocycles. The normalized spacial score (nSPS) is 19.5. The molecule has 2 aromatic rings. The molecule has 2 aliphatic rings. The molecule has 1 aromatic heterocycles. The Bertz CT molecular complexity index is 892. The van der Waals surface area contributed by atoms with Gasteiger partial charge in [0.05, 0.1) is 16.1 Å². The van der Waals surface area contributed by atoms with Gasteiger partial charge in [0, 0.05) is 31.9 Å². The van der Waals surface area contributed by atoms with Crippen molar-refractivity contribution < 1.29 is 9.59 Å². The minimum absolute atomic E-state index is 0.101. The lowest BCUT2D eigenvalue weighted by molar-refractivity contribution is -0.141. The molecule has 0 bridgehead atoms. The summed E-state index contributed by atoms with van der Waals surface area (Å²) in [6, 6.07) is 9.24. The van der Waals surface area contributed by atoms with Crippen LogP contribution >= 0.6 is 11.6 Å². The molecule has 2 heterocycles. The number of carbonyl (C=O) groups excluding carboxylic acids is 2. The third kappa shape index (κ3) is 3.29. The molecule has 6 heteroatoms. The fourth-order valence-corrected chi connectivity index (χ4v) is 4.95. The summed E-state index contributed by atoms with van der Waals surface area (Å²) < 4.78 is 0. The van der Waals surface area contributed by atoms with Gasteiger partial charge < -0.3 is 9.80 Å². The van der Waals surface area contributed by atoms with Crippen molar-refractivity contribution in [2.45, 2.75) is 44.6 Å². The highest BCUT2D eigenvalue weighted by Crippen LogP contribution is 2.37. The van der Waals surface area contributed by atoms with Gasteiger partial charge >= 0.3 is 0 Å². The molecule has 1 aromatic carbocycles. The lowest BCUT2D eigenvalue weighted by atomic mass is 9.78. The summed E-state index contributed by atoms with van der Waals surface area (Å²) in [5.41, 5.74) is 0.877. The van der Waals surface area contributed by atoms with E-state index < -0.39 is 0 Å². The molecular weight excluding hydrogens is 362 g/mol. The predicted molar refractivity (Wildman–Crippen MR) is 106 cm³/mol. The van der Waals surface area contributed by atoms with E-state index in [1.54, 1.807) is 13.0 Å². The first-order chi connectivity index (χ1) is 13.0. The van der Waals surface area contributed by atoms with Crippen LogP contribution in [0.4, 0.5) is 0 Å². The summed E-state index contributed by atoms with van der Waals surface area (Å²) >= 11 is 6.39. The summed E-state index contributed by atoms with van der Waals surface area (Å²) in [6.45, 7) is 3.34. The maximum Gasteiger partial charge on any atom is 0.272 e. The Balaban J connectivity index is 1.63. The number of fused-ring (bicyclic) bond motifs is 1. The van der Waals surface area contributed by atoms with Crippen molar-refractivity contribution in [1.82, 2.24) is 14.8 Å². The van der Waals surface area contributed by atoms with Gasteiger partial charge in [-0.15, -0.1) is 0 Å². The molecule has 1 saturated carbocycles. The first-order valence-electron chi connectivity index (χ1n) is 9.63. The highest BCUT2D eigenvalue weighted by atomic mass is 35.5. The number of carbonyl (C=O) groups is 2. The van der Waals surface area contributed by atoms with E-state index in [-0.39, 0.29) is 17.4 Å². The molecule has 27 heavy (non-hydrogen) atoms. The van der Waals surface area contributed by atoms with E-state index in [0.29, 0.717) is 30.4 Å². The molecule has 1 aliphatic heterocycles. The van der Waals surface area contributed by atoms with Crippen molar-refractivity contribution in [3.05, 3.63) is 41.0 Å². The SMILES string of the molecule is CC(=O)N1CCN(C(=O)c2cc(Cl)c3ccccc3n2)CC12CCCCC2. The molecule has 1 saturated heterocycles. The number of aromatic nitrogens is 1. The van der Waals surface area contributed by atoms with Gasteiger partial charge in [0.2, 0.25) is 5.91 Å². The van der Waals surface area contributed by atoms with E-state index in [2.05, 4.69) is 4.98 Å². The molecule has 4 rings (SSSR count). The maximum absolute atomic E-state index is 13.2. The molecule has 2 fully saturated rings. The number of hydrogen-bond acceptors (Lipinski definition) is 3. The zero-order valence-electron chi connectivity index (χ0n) is 15.6. The molecule has 142 valence electrons. The second-order valence-corrected chi connectivity index (χ2v) is 8.10. The van der Waals surface area contributed by atoms with Crippen LogP contribution in [0, 0.1) is 0 Å². The van der Waals surface area contributed by atoms with Crippen molar-refractivity contribution in [3.8, 4) is 0 Å². The van der Waals surface area contributed by atoms with Crippen molar-refractivity contribution >= 4 is 34.3 Å². The highest BCUT2D eigenvalue weighted by molar-refractivity contribution is 6.35. The average Bonchev–Trinajstić information content (AvgIpc) is 2.67. The first-order valence-corrected chi connectivity index (χ1v) is 10.0. The smallest absolute Gasteiger partial charge is 0.272 e. The Kier molecular flexibility index (Phi) is 4.81. The van der Waals surface area contributed by atoms with Gasteiger partial charge in [-0.25, -0.2) is 4.98 Å². The van der Waals surface area contributed by atoms with Gasteiger partial charge in [-0.1, -0.05) is 49.1 Å². The molecule has 5 nitrogen and oxygen atoms in total. The minimum atomic E-state index is -0.224. The maximum atomic E-state index is 13.2. The molecule has 0 N–H and O–H groups in total. The highest BCUT2D eigenvalue weighted by Gasteiger charge is 2.45. The van der Waals surface area contributed by atoms with Crippen LogP contribution in [-0.4, -0.2) is 51.8 Å². The van der Waals surface area contributed by atoms with Crippen LogP contribution in [0.1, 0.15) is 49.5 Å². The lowest BCUT2D eigenvalue weighted by Gasteiger charge is -2.52. The summed E-state index contributed by atoms with van der Waals surface area (Å²) in [5.74, 6) is 0.00618. The van der Waals surface area contributed by atoms with Crippen molar-refractivity contribution in [1.29, 1.82) is 0 Å². The Morgan fingerprint density at radius 3 is 2.59 bits per heavy atom. The Hall–Kier alpha value is -2.14. The molecule has 0 radical (unpaired) electrons. The lowest BCUT2D eigenvalue weighted by Crippen LogP contribution is -2.65. The number of hydrogen-bond donors (Lipinski definition) is 0. The van der Waals surface area contributed by atoms with Gasteiger partial charge in [-0.3, -0.25) is 9.59 Å². The second-order valence-electron chi connectivity index (χ2n) is 7.69. The number of rotatable bonds is 1. The zero-order chi connectivity index (χ0) is 19.0. The minimum Gasteiger partial charge on any atom is -0.334 e. The van der Waals surface area contributed by atoms with Gasteiger partial charge in [0.15, 0.2) is 0 Å². The van der Waals surface area contributed by atoms with Gasteiger partial charge in [0.1, 0.15) is 5.69 Å². The quantitative estimate of drug-likeness (QED) is 0.748. The zero-order valence-corrected chi connectivity index (χ0v) is 16.3. The van der Waals surface area contributed by atoms with E-state index in [1.165, 1.54) is 6.42 Å². The van der Waals surface area contributed by atoms with Crippen LogP contribution in [0.3, 0.4) is 0 Å². The van der Waals surface area contributed by atoms with Crippen LogP contribution < -0.4 is 0 Å². The van der Waals surface area contributed by atoms with E-state index >= 15 is 0 Å². The summed E-state index contributed by atoms with van der Waals surface area (Å²) in [6.07, 6.45) is 5.32. The van der Waals surface area contributed by atoms with Gasteiger partial charge in [0.25, 0.3) is 5.91 Å². The van der Waals surface area contributed by atoms with E-state index in [9.17, 15) is 9.59 Å².